The molecule has 0 aromatic carbocycles. The maximum atomic E-state index is 11.3. The molecule has 1 rings (SSSR count). The van der Waals surface area contributed by atoms with Crippen LogP contribution in [0.1, 0.15) is 33.6 Å². The molecule has 0 amide bonds. The Bertz CT molecular complexity index is 223. The third-order valence-electron chi connectivity index (χ3n) is 3.24. The van der Waals surface area contributed by atoms with Gasteiger partial charge in [-0.05, 0) is 38.6 Å². The van der Waals surface area contributed by atoms with Crippen LogP contribution in [0.4, 0.5) is 0 Å². The number of nitrogens with zero attached hydrogens (tertiary/aromatic N) is 1. The van der Waals surface area contributed by atoms with Crippen LogP contribution in [0.3, 0.4) is 0 Å². The number of carbonyl (C=O) groups is 1. The van der Waals surface area contributed by atoms with Crippen LogP contribution >= 0.6 is 0 Å². The Kier molecular flexibility index (Phi) is 3.20. The van der Waals surface area contributed by atoms with Gasteiger partial charge in [-0.25, -0.2) is 0 Å². The summed E-state index contributed by atoms with van der Waals surface area (Å²) in [6, 6.07) is 0. The van der Waals surface area contributed by atoms with E-state index < -0.39 is 11.5 Å². The first-order valence-corrected chi connectivity index (χ1v) is 5.33. The lowest BCUT2D eigenvalue weighted by Gasteiger charge is -2.36. The highest BCUT2D eigenvalue weighted by atomic mass is 16.4. The van der Waals surface area contributed by atoms with Gasteiger partial charge in [0.1, 0.15) is 5.54 Å². The average molecular weight is 199 g/mol. The SMILES string of the molecule is CC(C)CN(C)C(C)(C(=O)O)C1CC1. The molecule has 1 fully saturated rings. The van der Waals surface area contributed by atoms with Crippen LogP contribution in [0.5, 0.6) is 0 Å². The molecule has 3 heteroatoms. The van der Waals surface area contributed by atoms with Crippen LogP contribution in [0.25, 0.3) is 0 Å². The lowest BCUT2D eigenvalue weighted by atomic mass is 9.93. The molecule has 82 valence electrons. The molecule has 0 aromatic rings. The average Bonchev–Trinajstić information content (AvgIpc) is 2.83. The molecule has 14 heavy (non-hydrogen) atoms. The summed E-state index contributed by atoms with van der Waals surface area (Å²) in [7, 11) is 1.92. The van der Waals surface area contributed by atoms with Gasteiger partial charge in [-0.2, -0.15) is 0 Å². The maximum Gasteiger partial charge on any atom is 0.324 e. The maximum absolute atomic E-state index is 11.3. The van der Waals surface area contributed by atoms with E-state index in [4.69, 9.17) is 0 Å². The fraction of sp³-hybridized carbons (Fsp3) is 0.909. The number of carboxylic acid groups (broad SMARTS) is 1. The van der Waals surface area contributed by atoms with Crippen LogP contribution in [0.15, 0.2) is 0 Å². The molecular weight excluding hydrogens is 178 g/mol. The zero-order valence-corrected chi connectivity index (χ0v) is 9.58. The summed E-state index contributed by atoms with van der Waals surface area (Å²) in [6.45, 7) is 6.94. The van der Waals surface area contributed by atoms with Crippen molar-refractivity contribution in [1.29, 1.82) is 0 Å². The van der Waals surface area contributed by atoms with Crippen LogP contribution in [-0.2, 0) is 4.79 Å². The topological polar surface area (TPSA) is 40.5 Å². The minimum absolute atomic E-state index is 0.351. The Hall–Kier alpha value is -0.570. The summed E-state index contributed by atoms with van der Waals surface area (Å²) in [5.74, 6) is 0.185. The highest BCUT2D eigenvalue weighted by Gasteiger charge is 2.50. The Morgan fingerprint density at radius 2 is 2.07 bits per heavy atom. The molecule has 3 nitrogen and oxygen atoms in total. The standard InChI is InChI=1S/C11H21NO2/c1-8(2)7-12(4)11(3,10(13)14)9-5-6-9/h8-9H,5-7H2,1-4H3,(H,13,14). The van der Waals surface area contributed by atoms with Crippen molar-refractivity contribution in [2.45, 2.75) is 39.2 Å². The number of aliphatic carboxylic acids is 1. The largest absolute Gasteiger partial charge is 0.480 e. The second-order valence-electron chi connectivity index (χ2n) is 5.00. The number of likely N-dealkylation sites (N-methyl/N-ethyl adjacent to an activating group) is 1. The molecule has 0 spiro atoms. The van der Waals surface area contributed by atoms with Crippen LogP contribution in [0, 0.1) is 11.8 Å². The smallest absolute Gasteiger partial charge is 0.324 e. The zero-order chi connectivity index (χ0) is 10.9. The van der Waals surface area contributed by atoms with E-state index in [0.29, 0.717) is 11.8 Å². The van der Waals surface area contributed by atoms with Crippen molar-refractivity contribution in [3.05, 3.63) is 0 Å². The molecule has 1 saturated carbocycles. The van der Waals surface area contributed by atoms with Crippen molar-refractivity contribution in [3.8, 4) is 0 Å². The molecular formula is C11H21NO2. The summed E-state index contributed by atoms with van der Waals surface area (Å²) in [6.07, 6.45) is 2.12. The van der Waals surface area contributed by atoms with Gasteiger partial charge in [0.2, 0.25) is 0 Å². The second kappa shape index (κ2) is 3.89. The van der Waals surface area contributed by atoms with Gasteiger partial charge in [-0.1, -0.05) is 13.8 Å². The quantitative estimate of drug-likeness (QED) is 0.734. The molecule has 1 atom stereocenters. The van der Waals surface area contributed by atoms with Gasteiger partial charge in [0.15, 0.2) is 0 Å². The summed E-state index contributed by atoms with van der Waals surface area (Å²) in [5.41, 5.74) is -0.649. The van der Waals surface area contributed by atoms with Crippen LogP contribution < -0.4 is 0 Å². The third-order valence-corrected chi connectivity index (χ3v) is 3.24. The number of rotatable bonds is 5. The highest BCUT2D eigenvalue weighted by Crippen LogP contribution is 2.42. The van der Waals surface area contributed by atoms with Gasteiger partial charge in [-0.15, -0.1) is 0 Å². The van der Waals surface area contributed by atoms with Gasteiger partial charge >= 0.3 is 5.97 Å². The lowest BCUT2D eigenvalue weighted by Crippen LogP contribution is -2.53. The fourth-order valence-corrected chi connectivity index (χ4v) is 2.03. The van der Waals surface area contributed by atoms with Crippen molar-refractivity contribution < 1.29 is 9.90 Å². The molecule has 0 heterocycles. The predicted molar refractivity (Wildman–Crippen MR) is 56.2 cm³/mol. The van der Waals surface area contributed by atoms with Gasteiger partial charge in [-0.3, -0.25) is 9.69 Å². The minimum atomic E-state index is -0.678. The molecule has 0 saturated heterocycles. The monoisotopic (exact) mass is 199 g/mol. The number of hydrogen-bond donors (Lipinski definition) is 1. The molecule has 1 N–H and O–H groups in total. The van der Waals surface area contributed by atoms with Crippen LogP contribution in [0.2, 0.25) is 0 Å². The first-order valence-electron chi connectivity index (χ1n) is 5.33. The molecule has 1 unspecified atom stereocenters. The molecule has 0 aliphatic heterocycles. The minimum Gasteiger partial charge on any atom is -0.480 e. The van der Waals surface area contributed by atoms with E-state index in [1.54, 1.807) is 0 Å². The molecule has 1 aliphatic carbocycles. The van der Waals surface area contributed by atoms with Crippen LogP contribution in [-0.4, -0.2) is 35.1 Å². The molecule has 1 aliphatic rings. The summed E-state index contributed by atoms with van der Waals surface area (Å²) >= 11 is 0. The molecule has 0 aromatic heterocycles. The number of hydrogen-bond acceptors (Lipinski definition) is 2. The zero-order valence-electron chi connectivity index (χ0n) is 9.58. The van der Waals surface area contributed by atoms with Crippen molar-refractivity contribution in [2.24, 2.45) is 11.8 Å². The van der Waals surface area contributed by atoms with Crippen molar-refractivity contribution >= 4 is 5.97 Å². The fourth-order valence-electron chi connectivity index (χ4n) is 2.03. The molecule has 0 radical (unpaired) electrons. The summed E-state index contributed by atoms with van der Waals surface area (Å²) in [4.78, 5) is 13.3. The number of carboxylic acids is 1. The van der Waals surface area contributed by atoms with E-state index in [-0.39, 0.29) is 0 Å². The second-order valence-corrected chi connectivity index (χ2v) is 5.00. The Morgan fingerprint density at radius 3 is 2.36 bits per heavy atom. The van der Waals surface area contributed by atoms with E-state index in [1.165, 1.54) is 0 Å². The van der Waals surface area contributed by atoms with E-state index in [0.717, 1.165) is 19.4 Å². The van der Waals surface area contributed by atoms with E-state index in [1.807, 2.05) is 18.9 Å². The van der Waals surface area contributed by atoms with Crippen molar-refractivity contribution in [1.82, 2.24) is 4.90 Å². The van der Waals surface area contributed by atoms with E-state index >= 15 is 0 Å². The summed E-state index contributed by atoms with van der Waals surface area (Å²) in [5, 5.41) is 9.28. The van der Waals surface area contributed by atoms with Gasteiger partial charge < -0.3 is 5.11 Å². The highest BCUT2D eigenvalue weighted by molar-refractivity contribution is 5.79. The predicted octanol–water partition coefficient (Wildman–Crippen LogP) is 1.83. The summed E-state index contributed by atoms with van der Waals surface area (Å²) < 4.78 is 0. The van der Waals surface area contributed by atoms with E-state index in [2.05, 4.69) is 13.8 Å². The third kappa shape index (κ3) is 2.08. The Labute approximate surface area is 86.1 Å². The lowest BCUT2D eigenvalue weighted by molar-refractivity contribution is -0.151. The van der Waals surface area contributed by atoms with Gasteiger partial charge in [0.05, 0.1) is 0 Å². The Balaban J connectivity index is 2.71. The first kappa shape index (κ1) is 11.5. The van der Waals surface area contributed by atoms with Gasteiger partial charge in [0, 0.05) is 6.54 Å². The van der Waals surface area contributed by atoms with Crippen molar-refractivity contribution in [3.63, 3.8) is 0 Å². The van der Waals surface area contributed by atoms with Gasteiger partial charge in [0.25, 0.3) is 0 Å². The first-order chi connectivity index (χ1) is 6.39. The van der Waals surface area contributed by atoms with E-state index in [9.17, 15) is 9.90 Å². The Morgan fingerprint density at radius 1 is 1.57 bits per heavy atom. The normalized spacial score (nSPS) is 21.3. The molecule has 0 bridgehead atoms. The van der Waals surface area contributed by atoms with Crippen molar-refractivity contribution in [2.75, 3.05) is 13.6 Å².